The summed E-state index contributed by atoms with van der Waals surface area (Å²) in [6, 6.07) is 4.79. The SMILES string of the molecule is C[C@H]1CCC[C@H](OC(=O)[C@@H]2CCCN2C(=O)c2ccccn2)C1. The van der Waals surface area contributed by atoms with Crippen molar-refractivity contribution in [3.8, 4) is 0 Å². The Morgan fingerprint density at radius 1 is 1.22 bits per heavy atom. The van der Waals surface area contributed by atoms with Crippen LogP contribution in [0.25, 0.3) is 0 Å². The summed E-state index contributed by atoms with van der Waals surface area (Å²) in [5.41, 5.74) is 0.387. The molecular weight excluding hydrogens is 292 g/mol. The number of carbonyl (C=O) groups excluding carboxylic acids is 2. The molecule has 1 saturated heterocycles. The summed E-state index contributed by atoms with van der Waals surface area (Å²) in [5, 5.41) is 0. The Hall–Kier alpha value is -1.91. The second-order valence-electron chi connectivity index (χ2n) is 6.70. The van der Waals surface area contributed by atoms with Gasteiger partial charge in [0.05, 0.1) is 0 Å². The molecule has 23 heavy (non-hydrogen) atoms. The summed E-state index contributed by atoms with van der Waals surface area (Å²) in [5.74, 6) is 0.185. The van der Waals surface area contributed by atoms with Crippen molar-refractivity contribution in [2.75, 3.05) is 6.54 Å². The predicted molar refractivity (Wildman–Crippen MR) is 85.8 cm³/mol. The Morgan fingerprint density at radius 2 is 2.09 bits per heavy atom. The normalized spacial score (nSPS) is 27.7. The Morgan fingerprint density at radius 3 is 2.83 bits per heavy atom. The number of esters is 1. The van der Waals surface area contributed by atoms with E-state index in [4.69, 9.17) is 4.74 Å². The third-order valence-electron chi connectivity index (χ3n) is 4.84. The van der Waals surface area contributed by atoms with Gasteiger partial charge in [-0.3, -0.25) is 9.78 Å². The van der Waals surface area contributed by atoms with Gasteiger partial charge in [0.25, 0.3) is 5.91 Å². The van der Waals surface area contributed by atoms with Gasteiger partial charge in [0.2, 0.25) is 0 Å². The second kappa shape index (κ2) is 7.11. The third kappa shape index (κ3) is 3.71. The molecule has 1 aromatic heterocycles. The van der Waals surface area contributed by atoms with Gasteiger partial charge in [-0.1, -0.05) is 19.4 Å². The molecule has 2 aliphatic rings. The highest BCUT2D eigenvalue weighted by Gasteiger charge is 2.37. The first-order valence-electron chi connectivity index (χ1n) is 8.57. The van der Waals surface area contributed by atoms with Crippen LogP contribution in [0.1, 0.15) is 55.9 Å². The fourth-order valence-corrected chi connectivity index (χ4v) is 3.62. The standard InChI is InChI=1S/C18H24N2O3/c1-13-6-4-7-14(12-13)23-18(22)16-9-5-11-20(16)17(21)15-8-2-3-10-19-15/h2-3,8,10,13-14,16H,4-7,9,11-12H2,1H3/t13-,14-,16-/m0/s1. The van der Waals surface area contributed by atoms with Gasteiger partial charge in [0.15, 0.2) is 0 Å². The topological polar surface area (TPSA) is 59.5 Å². The Kier molecular flexibility index (Phi) is 4.94. The van der Waals surface area contributed by atoms with Crippen LogP contribution in [0.4, 0.5) is 0 Å². The van der Waals surface area contributed by atoms with Crippen LogP contribution in [0.5, 0.6) is 0 Å². The van der Waals surface area contributed by atoms with Crippen molar-refractivity contribution in [2.45, 2.75) is 57.6 Å². The van der Waals surface area contributed by atoms with Gasteiger partial charge >= 0.3 is 5.97 Å². The van der Waals surface area contributed by atoms with Crippen molar-refractivity contribution >= 4 is 11.9 Å². The van der Waals surface area contributed by atoms with Crippen molar-refractivity contribution in [1.29, 1.82) is 0 Å². The number of rotatable bonds is 3. The number of nitrogens with zero attached hydrogens (tertiary/aromatic N) is 2. The highest BCUT2D eigenvalue weighted by atomic mass is 16.5. The zero-order valence-electron chi connectivity index (χ0n) is 13.6. The molecule has 0 radical (unpaired) electrons. The summed E-state index contributed by atoms with van der Waals surface area (Å²) in [4.78, 5) is 30.8. The molecule has 2 heterocycles. The molecule has 5 heteroatoms. The highest BCUT2D eigenvalue weighted by Crippen LogP contribution is 2.28. The van der Waals surface area contributed by atoms with Crippen LogP contribution in [0.3, 0.4) is 0 Å². The van der Waals surface area contributed by atoms with E-state index in [-0.39, 0.29) is 18.0 Å². The average Bonchev–Trinajstić information content (AvgIpc) is 3.05. The van der Waals surface area contributed by atoms with Crippen LogP contribution < -0.4 is 0 Å². The number of likely N-dealkylation sites (tertiary alicyclic amines) is 1. The van der Waals surface area contributed by atoms with Gasteiger partial charge in [-0.25, -0.2) is 4.79 Å². The molecule has 0 spiro atoms. The summed E-state index contributed by atoms with van der Waals surface area (Å²) in [7, 11) is 0. The van der Waals surface area contributed by atoms with Crippen LogP contribution in [0.2, 0.25) is 0 Å². The van der Waals surface area contributed by atoms with E-state index in [1.54, 1.807) is 29.3 Å². The van der Waals surface area contributed by atoms with Gasteiger partial charge in [0, 0.05) is 12.7 Å². The molecule has 1 amide bonds. The molecule has 0 unspecified atom stereocenters. The van der Waals surface area contributed by atoms with Gasteiger partial charge in [0.1, 0.15) is 17.8 Å². The minimum Gasteiger partial charge on any atom is -0.461 e. The molecule has 3 atom stereocenters. The Bertz CT molecular complexity index is 561. The van der Waals surface area contributed by atoms with Crippen molar-refractivity contribution in [1.82, 2.24) is 9.88 Å². The largest absolute Gasteiger partial charge is 0.461 e. The van der Waals surface area contributed by atoms with Gasteiger partial charge in [-0.05, 0) is 50.2 Å². The van der Waals surface area contributed by atoms with Crippen molar-refractivity contribution in [3.63, 3.8) is 0 Å². The zero-order valence-corrected chi connectivity index (χ0v) is 13.6. The summed E-state index contributed by atoms with van der Waals surface area (Å²) < 4.78 is 5.71. The fraction of sp³-hybridized carbons (Fsp3) is 0.611. The maximum absolute atomic E-state index is 12.6. The van der Waals surface area contributed by atoms with Gasteiger partial charge in [-0.15, -0.1) is 0 Å². The quantitative estimate of drug-likeness (QED) is 0.805. The maximum atomic E-state index is 12.6. The number of hydrogen-bond donors (Lipinski definition) is 0. The number of aromatic nitrogens is 1. The lowest BCUT2D eigenvalue weighted by Crippen LogP contribution is -2.43. The third-order valence-corrected chi connectivity index (χ3v) is 4.84. The smallest absolute Gasteiger partial charge is 0.329 e. The van der Waals surface area contributed by atoms with E-state index in [9.17, 15) is 9.59 Å². The summed E-state index contributed by atoms with van der Waals surface area (Å²) in [6.45, 7) is 2.79. The highest BCUT2D eigenvalue weighted by molar-refractivity contribution is 5.95. The molecular formula is C18H24N2O3. The lowest BCUT2D eigenvalue weighted by molar-refractivity contribution is -0.155. The van der Waals surface area contributed by atoms with Crippen LogP contribution in [-0.4, -0.2) is 40.5 Å². The van der Waals surface area contributed by atoms with Crippen LogP contribution in [0.15, 0.2) is 24.4 Å². The molecule has 1 saturated carbocycles. The van der Waals surface area contributed by atoms with E-state index in [1.165, 1.54) is 6.42 Å². The lowest BCUT2D eigenvalue weighted by Gasteiger charge is -2.29. The predicted octanol–water partition coefficient (Wildman–Crippen LogP) is 2.81. The van der Waals surface area contributed by atoms with E-state index in [0.29, 0.717) is 24.6 Å². The molecule has 1 aliphatic heterocycles. The molecule has 0 N–H and O–H groups in total. The van der Waals surface area contributed by atoms with Crippen molar-refractivity contribution in [2.24, 2.45) is 5.92 Å². The molecule has 2 fully saturated rings. The van der Waals surface area contributed by atoms with E-state index in [2.05, 4.69) is 11.9 Å². The Balaban J connectivity index is 1.64. The first-order chi connectivity index (χ1) is 11.1. The molecule has 0 bridgehead atoms. The minimum absolute atomic E-state index is 0.0126. The number of amides is 1. The molecule has 5 nitrogen and oxygen atoms in total. The van der Waals surface area contributed by atoms with E-state index < -0.39 is 6.04 Å². The van der Waals surface area contributed by atoms with E-state index in [1.807, 2.05) is 0 Å². The number of pyridine rings is 1. The van der Waals surface area contributed by atoms with Crippen LogP contribution in [-0.2, 0) is 9.53 Å². The molecule has 1 aliphatic carbocycles. The zero-order chi connectivity index (χ0) is 16.2. The van der Waals surface area contributed by atoms with Crippen LogP contribution in [0, 0.1) is 5.92 Å². The fourth-order valence-electron chi connectivity index (χ4n) is 3.62. The molecule has 1 aromatic rings. The summed E-state index contributed by atoms with van der Waals surface area (Å²) >= 11 is 0. The summed E-state index contributed by atoms with van der Waals surface area (Å²) in [6.07, 6.45) is 7.32. The minimum atomic E-state index is -0.457. The van der Waals surface area contributed by atoms with Crippen molar-refractivity contribution < 1.29 is 14.3 Å². The first kappa shape index (κ1) is 16.0. The second-order valence-corrected chi connectivity index (χ2v) is 6.70. The first-order valence-corrected chi connectivity index (χ1v) is 8.57. The molecule has 3 rings (SSSR count). The number of ether oxygens (including phenoxy) is 1. The molecule has 124 valence electrons. The monoisotopic (exact) mass is 316 g/mol. The maximum Gasteiger partial charge on any atom is 0.329 e. The van der Waals surface area contributed by atoms with E-state index >= 15 is 0 Å². The van der Waals surface area contributed by atoms with Crippen LogP contribution >= 0.6 is 0 Å². The lowest BCUT2D eigenvalue weighted by atomic mass is 9.89. The average molecular weight is 316 g/mol. The molecule has 0 aromatic carbocycles. The van der Waals surface area contributed by atoms with Gasteiger partial charge in [-0.2, -0.15) is 0 Å². The number of carbonyl (C=O) groups is 2. The van der Waals surface area contributed by atoms with E-state index in [0.717, 1.165) is 25.7 Å². The number of hydrogen-bond acceptors (Lipinski definition) is 4. The van der Waals surface area contributed by atoms with Gasteiger partial charge < -0.3 is 9.64 Å². The Labute approximate surface area is 137 Å². The van der Waals surface area contributed by atoms with Crippen molar-refractivity contribution in [3.05, 3.63) is 30.1 Å².